The van der Waals surface area contributed by atoms with Gasteiger partial charge in [-0.25, -0.2) is 13.2 Å². The smallest absolute Gasteiger partial charge is 0.194 e. The second kappa shape index (κ2) is 5.86. The molecule has 0 aromatic heterocycles. The third-order valence-corrected chi connectivity index (χ3v) is 2.30. The lowest BCUT2D eigenvalue weighted by molar-refractivity contribution is 0.190. The zero-order valence-corrected chi connectivity index (χ0v) is 8.97. The molecule has 0 aliphatic carbocycles. The Kier molecular flexibility index (Phi) is 4.76. The van der Waals surface area contributed by atoms with Gasteiger partial charge in [0.1, 0.15) is 0 Å². The molecule has 1 unspecified atom stereocenters. The summed E-state index contributed by atoms with van der Waals surface area (Å²) in [5, 5.41) is 0. The highest BCUT2D eigenvalue weighted by atomic mass is 19.2. The molecule has 16 heavy (non-hydrogen) atoms. The maximum Gasteiger partial charge on any atom is 0.194 e. The Morgan fingerprint density at radius 2 is 1.81 bits per heavy atom. The lowest BCUT2D eigenvalue weighted by atomic mass is 10.0. The van der Waals surface area contributed by atoms with Crippen molar-refractivity contribution >= 4 is 0 Å². The molecule has 5 heteroatoms. The molecule has 2 N–H and O–H groups in total. The van der Waals surface area contributed by atoms with Crippen molar-refractivity contribution in [3.63, 3.8) is 0 Å². The fraction of sp³-hybridized carbons (Fsp3) is 0.455. The van der Waals surface area contributed by atoms with Gasteiger partial charge in [0.05, 0.1) is 0 Å². The molecular weight excluding hydrogens is 219 g/mol. The summed E-state index contributed by atoms with van der Waals surface area (Å²) in [4.78, 5) is 0. The third-order valence-electron chi connectivity index (χ3n) is 2.30. The van der Waals surface area contributed by atoms with Gasteiger partial charge in [-0.1, -0.05) is 0 Å². The van der Waals surface area contributed by atoms with Gasteiger partial charge in [-0.3, -0.25) is 0 Å². The molecule has 0 spiro atoms. The maximum absolute atomic E-state index is 12.9. The number of hydrogen-bond donors (Lipinski definition) is 1. The average molecular weight is 233 g/mol. The van der Waals surface area contributed by atoms with Gasteiger partial charge in [0.2, 0.25) is 0 Å². The Labute approximate surface area is 92.2 Å². The van der Waals surface area contributed by atoms with E-state index in [0.29, 0.717) is 19.4 Å². The Bertz CT molecular complexity index is 334. The fourth-order valence-electron chi connectivity index (χ4n) is 1.40. The van der Waals surface area contributed by atoms with E-state index < -0.39 is 23.5 Å². The van der Waals surface area contributed by atoms with Gasteiger partial charge in [-0.15, -0.1) is 0 Å². The van der Waals surface area contributed by atoms with Crippen molar-refractivity contribution in [1.82, 2.24) is 0 Å². The predicted octanol–water partition coefficient (Wildman–Crippen LogP) is 2.53. The van der Waals surface area contributed by atoms with Crippen molar-refractivity contribution in [3.05, 3.63) is 35.1 Å². The normalized spacial score (nSPS) is 12.8. The number of ether oxygens (including phenoxy) is 1. The topological polar surface area (TPSA) is 35.2 Å². The van der Waals surface area contributed by atoms with Crippen LogP contribution in [0.1, 0.15) is 24.4 Å². The summed E-state index contributed by atoms with van der Waals surface area (Å²) in [5.41, 5.74) is 5.97. The number of halogens is 3. The first-order chi connectivity index (χ1) is 7.56. The molecule has 1 rings (SSSR count). The van der Waals surface area contributed by atoms with Crippen molar-refractivity contribution in [2.45, 2.75) is 18.9 Å². The highest BCUT2D eigenvalue weighted by Gasteiger charge is 2.14. The van der Waals surface area contributed by atoms with Gasteiger partial charge in [0.15, 0.2) is 17.5 Å². The first kappa shape index (κ1) is 13.0. The molecule has 0 aliphatic rings. The highest BCUT2D eigenvalue weighted by molar-refractivity contribution is 5.22. The molecule has 90 valence electrons. The third kappa shape index (κ3) is 3.21. The van der Waals surface area contributed by atoms with E-state index in [2.05, 4.69) is 0 Å². The van der Waals surface area contributed by atoms with Crippen LogP contribution in [0.25, 0.3) is 0 Å². The van der Waals surface area contributed by atoms with Crippen molar-refractivity contribution in [2.24, 2.45) is 5.73 Å². The lowest BCUT2D eigenvalue weighted by Crippen LogP contribution is -2.12. The van der Waals surface area contributed by atoms with Crippen LogP contribution in [0.2, 0.25) is 0 Å². The van der Waals surface area contributed by atoms with E-state index in [9.17, 15) is 13.2 Å². The Hall–Kier alpha value is -1.07. The zero-order valence-electron chi connectivity index (χ0n) is 8.97. The van der Waals surface area contributed by atoms with Crippen LogP contribution in [0.5, 0.6) is 0 Å². The molecule has 0 radical (unpaired) electrons. The number of methoxy groups -OCH3 is 1. The first-order valence-corrected chi connectivity index (χ1v) is 4.95. The molecule has 0 aliphatic heterocycles. The van der Waals surface area contributed by atoms with Gasteiger partial charge in [0.25, 0.3) is 0 Å². The Morgan fingerprint density at radius 3 is 2.31 bits per heavy atom. The Morgan fingerprint density at radius 1 is 1.25 bits per heavy atom. The van der Waals surface area contributed by atoms with E-state index in [-0.39, 0.29) is 5.56 Å². The van der Waals surface area contributed by atoms with Gasteiger partial charge in [0, 0.05) is 19.8 Å². The second-order valence-electron chi connectivity index (χ2n) is 3.54. The summed E-state index contributed by atoms with van der Waals surface area (Å²) in [6, 6.07) is 1.34. The minimum absolute atomic E-state index is 0.257. The molecule has 1 aromatic carbocycles. The fourth-order valence-corrected chi connectivity index (χ4v) is 1.40. The van der Waals surface area contributed by atoms with Crippen LogP contribution in [0.4, 0.5) is 13.2 Å². The lowest BCUT2D eigenvalue weighted by Gasteiger charge is -2.12. The summed E-state index contributed by atoms with van der Waals surface area (Å²) >= 11 is 0. The van der Waals surface area contributed by atoms with Crippen LogP contribution in [-0.2, 0) is 4.74 Å². The van der Waals surface area contributed by atoms with E-state index in [1.54, 1.807) is 7.11 Å². The quantitative estimate of drug-likeness (QED) is 0.626. The summed E-state index contributed by atoms with van der Waals surface area (Å²) in [6.07, 6.45) is 1.20. The van der Waals surface area contributed by atoms with E-state index in [4.69, 9.17) is 10.5 Å². The van der Waals surface area contributed by atoms with Gasteiger partial charge < -0.3 is 10.5 Å². The van der Waals surface area contributed by atoms with Crippen LogP contribution >= 0.6 is 0 Å². The molecule has 1 aromatic rings. The van der Waals surface area contributed by atoms with E-state index in [1.807, 2.05) is 0 Å². The Balaban J connectivity index is 2.72. The molecule has 0 heterocycles. The number of benzene rings is 1. The van der Waals surface area contributed by atoms with Crippen molar-refractivity contribution in [1.29, 1.82) is 0 Å². The van der Waals surface area contributed by atoms with Crippen LogP contribution in [0, 0.1) is 17.5 Å². The van der Waals surface area contributed by atoms with Crippen molar-refractivity contribution in [3.8, 4) is 0 Å². The van der Waals surface area contributed by atoms with E-state index in [1.165, 1.54) is 0 Å². The summed E-state index contributed by atoms with van der Waals surface area (Å²) in [7, 11) is 1.56. The van der Waals surface area contributed by atoms with E-state index in [0.717, 1.165) is 12.1 Å². The number of nitrogens with two attached hydrogens (primary N) is 1. The molecule has 0 saturated carbocycles. The summed E-state index contributed by atoms with van der Waals surface area (Å²) in [6.45, 7) is 0.528. The minimum Gasteiger partial charge on any atom is -0.385 e. The standard InChI is InChI=1S/C11H14F3NO/c1-16-4-2-3-10(15)7-5-8(12)11(14)9(13)6-7/h5-6,10H,2-4,15H2,1H3. The molecule has 0 saturated heterocycles. The number of rotatable bonds is 5. The van der Waals surface area contributed by atoms with Gasteiger partial charge in [-0.05, 0) is 30.5 Å². The van der Waals surface area contributed by atoms with Crippen molar-refractivity contribution < 1.29 is 17.9 Å². The van der Waals surface area contributed by atoms with Crippen LogP contribution in [0.15, 0.2) is 12.1 Å². The minimum atomic E-state index is -1.46. The monoisotopic (exact) mass is 233 g/mol. The summed E-state index contributed by atoms with van der Waals surface area (Å²) < 4.78 is 43.3. The van der Waals surface area contributed by atoms with Crippen LogP contribution in [-0.4, -0.2) is 13.7 Å². The average Bonchev–Trinajstić information content (AvgIpc) is 2.25. The largest absolute Gasteiger partial charge is 0.385 e. The van der Waals surface area contributed by atoms with Crippen LogP contribution in [0.3, 0.4) is 0 Å². The SMILES string of the molecule is COCCCC(N)c1cc(F)c(F)c(F)c1. The summed E-state index contributed by atoms with van der Waals surface area (Å²) in [5.74, 6) is -3.89. The van der Waals surface area contributed by atoms with Crippen LogP contribution < -0.4 is 5.73 Å². The molecule has 2 nitrogen and oxygen atoms in total. The van der Waals surface area contributed by atoms with Crippen molar-refractivity contribution in [2.75, 3.05) is 13.7 Å². The molecule has 1 atom stereocenters. The van der Waals surface area contributed by atoms with Gasteiger partial charge >= 0.3 is 0 Å². The number of hydrogen-bond acceptors (Lipinski definition) is 2. The first-order valence-electron chi connectivity index (χ1n) is 4.95. The molecule has 0 bridgehead atoms. The van der Waals surface area contributed by atoms with E-state index >= 15 is 0 Å². The second-order valence-corrected chi connectivity index (χ2v) is 3.54. The van der Waals surface area contributed by atoms with Gasteiger partial charge in [-0.2, -0.15) is 0 Å². The highest BCUT2D eigenvalue weighted by Crippen LogP contribution is 2.20. The zero-order chi connectivity index (χ0) is 12.1. The molecule has 0 fully saturated rings. The molecule has 0 amide bonds. The molecular formula is C11H14F3NO. The predicted molar refractivity (Wildman–Crippen MR) is 54.4 cm³/mol. The maximum atomic E-state index is 12.9.